The molecule has 0 amide bonds. The van der Waals surface area contributed by atoms with E-state index in [0.717, 1.165) is 54.1 Å². The standard InChI is InChI=1S/C22H23N5O/c1-27-8-4-15-2-3-16(10-21(15)27)19-11-17(12-20-22(19)25-6-5-24-20)26-14-18-13-23-7-9-28-18/h2-6,8,10-12,18,23,26H,7,9,13-14H2,1H3. The molecule has 0 spiro atoms. The lowest BCUT2D eigenvalue weighted by Gasteiger charge is -2.24. The second-order valence-corrected chi connectivity index (χ2v) is 7.23. The maximum atomic E-state index is 5.80. The number of aryl methyl sites for hydroxylation is 1. The van der Waals surface area contributed by atoms with Crippen molar-refractivity contribution < 1.29 is 4.74 Å². The molecular weight excluding hydrogens is 350 g/mol. The number of benzene rings is 2. The molecule has 1 aliphatic rings. The molecule has 2 aromatic heterocycles. The molecular formula is C22H23N5O. The zero-order valence-electron chi connectivity index (χ0n) is 15.9. The van der Waals surface area contributed by atoms with Crippen LogP contribution < -0.4 is 10.6 Å². The maximum absolute atomic E-state index is 5.80. The van der Waals surface area contributed by atoms with Crippen LogP contribution in [-0.4, -0.2) is 46.9 Å². The van der Waals surface area contributed by atoms with Crippen molar-refractivity contribution in [2.24, 2.45) is 7.05 Å². The molecule has 28 heavy (non-hydrogen) atoms. The van der Waals surface area contributed by atoms with Gasteiger partial charge in [-0.15, -0.1) is 0 Å². The van der Waals surface area contributed by atoms with Gasteiger partial charge in [0.05, 0.1) is 23.7 Å². The van der Waals surface area contributed by atoms with Crippen LogP contribution in [0.25, 0.3) is 33.1 Å². The Morgan fingerprint density at radius 3 is 3.00 bits per heavy atom. The van der Waals surface area contributed by atoms with Crippen molar-refractivity contribution in [1.82, 2.24) is 19.9 Å². The number of anilines is 1. The Bertz CT molecular complexity index is 1130. The quantitative estimate of drug-likeness (QED) is 0.575. The summed E-state index contributed by atoms with van der Waals surface area (Å²) in [7, 11) is 2.07. The van der Waals surface area contributed by atoms with Crippen molar-refractivity contribution >= 4 is 27.6 Å². The predicted octanol–water partition coefficient (Wildman–Crippen LogP) is 3.19. The average molecular weight is 373 g/mol. The van der Waals surface area contributed by atoms with Crippen molar-refractivity contribution in [3.8, 4) is 11.1 Å². The zero-order valence-corrected chi connectivity index (χ0v) is 15.9. The summed E-state index contributed by atoms with van der Waals surface area (Å²) in [5, 5.41) is 8.12. The van der Waals surface area contributed by atoms with Crippen LogP contribution in [0.3, 0.4) is 0 Å². The van der Waals surface area contributed by atoms with Gasteiger partial charge in [0, 0.05) is 62.0 Å². The first-order valence-corrected chi connectivity index (χ1v) is 9.64. The molecule has 6 nitrogen and oxygen atoms in total. The van der Waals surface area contributed by atoms with E-state index in [9.17, 15) is 0 Å². The van der Waals surface area contributed by atoms with E-state index in [1.165, 1.54) is 10.9 Å². The first-order valence-electron chi connectivity index (χ1n) is 9.64. The van der Waals surface area contributed by atoms with Crippen LogP contribution in [0.4, 0.5) is 5.69 Å². The van der Waals surface area contributed by atoms with E-state index in [1.807, 2.05) is 0 Å². The molecule has 4 aromatic rings. The highest BCUT2D eigenvalue weighted by atomic mass is 16.5. The van der Waals surface area contributed by atoms with Crippen LogP contribution in [0.2, 0.25) is 0 Å². The molecule has 5 rings (SSSR count). The number of morpholine rings is 1. The highest BCUT2D eigenvalue weighted by Gasteiger charge is 2.14. The third-order valence-corrected chi connectivity index (χ3v) is 5.31. The van der Waals surface area contributed by atoms with Crippen molar-refractivity contribution in [2.75, 3.05) is 31.6 Å². The second-order valence-electron chi connectivity index (χ2n) is 7.23. The molecule has 142 valence electrons. The summed E-state index contributed by atoms with van der Waals surface area (Å²) in [6.07, 6.45) is 5.75. The van der Waals surface area contributed by atoms with Gasteiger partial charge >= 0.3 is 0 Å². The van der Waals surface area contributed by atoms with E-state index < -0.39 is 0 Å². The van der Waals surface area contributed by atoms with E-state index in [4.69, 9.17) is 4.74 Å². The van der Waals surface area contributed by atoms with Crippen LogP contribution in [0.5, 0.6) is 0 Å². The molecule has 2 N–H and O–H groups in total. The topological polar surface area (TPSA) is 64.0 Å². The van der Waals surface area contributed by atoms with Crippen molar-refractivity contribution in [1.29, 1.82) is 0 Å². The van der Waals surface area contributed by atoms with Crippen LogP contribution in [0.1, 0.15) is 0 Å². The van der Waals surface area contributed by atoms with Crippen LogP contribution in [-0.2, 0) is 11.8 Å². The van der Waals surface area contributed by atoms with Gasteiger partial charge in [0.1, 0.15) is 0 Å². The van der Waals surface area contributed by atoms with Gasteiger partial charge in [-0.1, -0.05) is 12.1 Å². The van der Waals surface area contributed by atoms with Crippen LogP contribution >= 0.6 is 0 Å². The van der Waals surface area contributed by atoms with Crippen molar-refractivity contribution in [3.05, 3.63) is 55.0 Å². The lowest BCUT2D eigenvalue weighted by atomic mass is 10.0. The molecule has 0 aliphatic carbocycles. The molecule has 0 saturated carbocycles. The monoisotopic (exact) mass is 373 g/mol. The molecule has 1 unspecified atom stereocenters. The van der Waals surface area contributed by atoms with Crippen LogP contribution in [0.15, 0.2) is 55.0 Å². The van der Waals surface area contributed by atoms with Gasteiger partial charge in [-0.25, -0.2) is 0 Å². The maximum Gasteiger partial charge on any atom is 0.0966 e. The summed E-state index contributed by atoms with van der Waals surface area (Å²) < 4.78 is 7.94. The Kier molecular flexibility index (Phi) is 4.43. The van der Waals surface area contributed by atoms with Gasteiger partial charge in [-0.05, 0) is 35.2 Å². The van der Waals surface area contributed by atoms with Crippen molar-refractivity contribution in [3.63, 3.8) is 0 Å². The lowest BCUT2D eigenvalue weighted by Crippen LogP contribution is -2.42. The first kappa shape index (κ1) is 17.2. The fourth-order valence-electron chi connectivity index (χ4n) is 3.81. The van der Waals surface area contributed by atoms with E-state index in [1.54, 1.807) is 12.4 Å². The lowest BCUT2D eigenvalue weighted by molar-refractivity contribution is 0.0372. The molecule has 1 fully saturated rings. The molecule has 3 heterocycles. The fourth-order valence-corrected chi connectivity index (χ4v) is 3.81. The highest BCUT2D eigenvalue weighted by molar-refractivity contribution is 5.97. The number of rotatable bonds is 4. The Morgan fingerprint density at radius 1 is 1.18 bits per heavy atom. The largest absolute Gasteiger partial charge is 0.382 e. The summed E-state index contributed by atoms with van der Waals surface area (Å²) in [6.45, 7) is 3.32. The van der Waals surface area contributed by atoms with E-state index in [2.05, 4.69) is 74.8 Å². The number of nitrogens with zero attached hydrogens (tertiary/aromatic N) is 3. The Balaban J connectivity index is 1.55. The number of nitrogens with one attached hydrogen (secondary N) is 2. The number of fused-ring (bicyclic) bond motifs is 2. The van der Waals surface area contributed by atoms with Gasteiger partial charge in [0.2, 0.25) is 0 Å². The normalized spacial score (nSPS) is 17.2. The van der Waals surface area contributed by atoms with Gasteiger partial charge in [-0.2, -0.15) is 0 Å². The van der Waals surface area contributed by atoms with E-state index >= 15 is 0 Å². The van der Waals surface area contributed by atoms with Gasteiger partial charge in [-0.3, -0.25) is 9.97 Å². The summed E-state index contributed by atoms with van der Waals surface area (Å²) >= 11 is 0. The molecule has 0 radical (unpaired) electrons. The molecule has 1 aliphatic heterocycles. The molecule has 6 heteroatoms. The third kappa shape index (κ3) is 3.21. The summed E-state index contributed by atoms with van der Waals surface area (Å²) in [5.74, 6) is 0. The van der Waals surface area contributed by atoms with E-state index in [-0.39, 0.29) is 6.10 Å². The number of hydrogen-bond acceptors (Lipinski definition) is 5. The minimum absolute atomic E-state index is 0.175. The molecule has 1 saturated heterocycles. The smallest absolute Gasteiger partial charge is 0.0966 e. The zero-order chi connectivity index (χ0) is 18.9. The van der Waals surface area contributed by atoms with Crippen molar-refractivity contribution in [2.45, 2.75) is 6.10 Å². The molecule has 2 aromatic carbocycles. The predicted molar refractivity (Wildman–Crippen MR) is 113 cm³/mol. The highest BCUT2D eigenvalue weighted by Crippen LogP contribution is 2.32. The van der Waals surface area contributed by atoms with E-state index in [0.29, 0.717) is 0 Å². The minimum Gasteiger partial charge on any atom is -0.382 e. The third-order valence-electron chi connectivity index (χ3n) is 5.31. The fraction of sp³-hybridized carbons (Fsp3) is 0.273. The summed E-state index contributed by atoms with van der Waals surface area (Å²) in [5.41, 5.74) is 6.26. The van der Waals surface area contributed by atoms with Gasteiger partial charge < -0.3 is 19.9 Å². The second kappa shape index (κ2) is 7.22. The van der Waals surface area contributed by atoms with Gasteiger partial charge in [0.15, 0.2) is 0 Å². The first-order chi connectivity index (χ1) is 13.8. The SMILES string of the molecule is Cn1ccc2ccc(-c3cc(NCC4CNCCO4)cc4nccnc34)cc21. The Hall–Kier alpha value is -2.96. The number of aromatic nitrogens is 3. The summed E-state index contributed by atoms with van der Waals surface area (Å²) in [6, 6.07) is 12.9. The number of ether oxygens (including phenoxy) is 1. The number of hydrogen-bond donors (Lipinski definition) is 2. The molecule has 1 atom stereocenters. The van der Waals surface area contributed by atoms with Crippen LogP contribution in [0, 0.1) is 0 Å². The Labute approximate surface area is 163 Å². The summed E-state index contributed by atoms with van der Waals surface area (Å²) in [4.78, 5) is 9.15. The Morgan fingerprint density at radius 2 is 2.11 bits per heavy atom. The average Bonchev–Trinajstić information content (AvgIpc) is 3.12. The minimum atomic E-state index is 0.175. The molecule has 0 bridgehead atoms. The van der Waals surface area contributed by atoms with Gasteiger partial charge in [0.25, 0.3) is 0 Å².